The monoisotopic (exact) mass is 636 g/mol. The maximum atomic E-state index is 13.5. The van der Waals surface area contributed by atoms with E-state index >= 15 is 0 Å². The molecule has 0 unspecified atom stereocenters. The van der Waals surface area contributed by atoms with Gasteiger partial charge in [0, 0.05) is 32.7 Å². The minimum Gasteiger partial charge on any atom is -0.491 e. The Kier molecular flexibility index (Phi) is 8.37. The summed E-state index contributed by atoms with van der Waals surface area (Å²) in [5.74, 6) is 0.854. The normalized spacial score (nSPS) is 24.9. The van der Waals surface area contributed by atoms with E-state index in [0.29, 0.717) is 69.2 Å². The molecule has 12 nitrogen and oxygen atoms in total. The van der Waals surface area contributed by atoms with E-state index in [4.69, 9.17) is 14.2 Å². The number of anilines is 1. The SMILES string of the molecule is C[C@H]1CN(C)c2cc(S(=O)(=O)N3CCC4(CC3)C[C@H](NC[C@H](O)COc3cccc(S(=O)(=O)C5CC5)c3)CO4)cnc2O1. The lowest BCUT2D eigenvalue weighted by Crippen LogP contribution is -2.47. The molecule has 1 saturated carbocycles. The molecule has 2 saturated heterocycles. The van der Waals surface area contributed by atoms with Gasteiger partial charge in [-0.15, -0.1) is 0 Å². The van der Waals surface area contributed by atoms with Crippen molar-refractivity contribution in [1.29, 1.82) is 0 Å². The summed E-state index contributed by atoms with van der Waals surface area (Å²) in [5.41, 5.74) is 0.264. The molecule has 4 aliphatic rings. The number of pyridine rings is 1. The Morgan fingerprint density at radius 1 is 1.16 bits per heavy atom. The second kappa shape index (κ2) is 11.8. The molecule has 43 heavy (non-hydrogen) atoms. The molecular formula is C29H40N4O8S2. The number of ether oxygens (including phenoxy) is 3. The molecule has 0 bridgehead atoms. The summed E-state index contributed by atoms with van der Waals surface area (Å²) < 4.78 is 71.1. The number of nitrogens with one attached hydrogen (secondary N) is 1. The van der Waals surface area contributed by atoms with Crippen molar-refractivity contribution in [3.8, 4) is 11.6 Å². The lowest BCUT2D eigenvalue weighted by atomic mass is 9.88. The van der Waals surface area contributed by atoms with Gasteiger partial charge in [-0.05, 0) is 63.3 Å². The first kappa shape index (κ1) is 30.5. The largest absolute Gasteiger partial charge is 0.491 e. The number of hydrogen-bond donors (Lipinski definition) is 2. The number of nitrogens with zero attached hydrogens (tertiary/aromatic N) is 3. The third-order valence-electron chi connectivity index (χ3n) is 8.72. The quantitative estimate of drug-likeness (QED) is 0.392. The van der Waals surface area contributed by atoms with Crippen molar-refractivity contribution in [2.24, 2.45) is 0 Å². The lowest BCUT2D eigenvalue weighted by Gasteiger charge is -2.38. The van der Waals surface area contributed by atoms with Crippen molar-refractivity contribution in [1.82, 2.24) is 14.6 Å². The molecular weight excluding hydrogens is 596 g/mol. The van der Waals surface area contributed by atoms with E-state index in [-0.39, 0.29) is 40.3 Å². The predicted molar refractivity (Wildman–Crippen MR) is 159 cm³/mol. The molecule has 0 amide bonds. The molecule has 3 atom stereocenters. The fraction of sp³-hybridized carbons (Fsp3) is 0.621. The Morgan fingerprint density at radius 2 is 1.93 bits per heavy atom. The van der Waals surface area contributed by atoms with Gasteiger partial charge in [0.1, 0.15) is 35.1 Å². The van der Waals surface area contributed by atoms with Gasteiger partial charge in [-0.1, -0.05) is 6.07 Å². The summed E-state index contributed by atoms with van der Waals surface area (Å²) in [7, 11) is -5.13. The number of aromatic nitrogens is 1. The zero-order valence-corrected chi connectivity index (χ0v) is 26.1. The maximum absolute atomic E-state index is 13.5. The van der Waals surface area contributed by atoms with Gasteiger partial charge in [-0.25, -0.2) is 21.8 Å². The molecule has 4 heterocycles. The number of sulfonamides is 1. The van der Waals surface area contributed by atoms with Crippen molar-refractivity contribution in [3.05, 3.63) is 36.5 Å². The first-order valence-corrected chi connectivity index (χ1v) is 17.8. The van der Waals surface area contributed by atoms with Crippen LogP contribution in [0.3, 0.4) is 0 Å². The number of rotatable bonds is 10. The Labute approximate surface area is 253 Å². The van der Waals surface area contributed by atoms with Crippen molar-refractivity contribution in [2.75, 3.05) is 51.3 Å². The molecule has 14 heteroatoms. The third kappa shape index (κ3) is 6.50. The van der Waals surface area contributed by atoms with E-state index in [2.05, 4.69) is 10.3 Å². The van der Waals surface area contributed by atoms with Gasteiger partial charge in [-0.3, -0.25) is 0 Å². The maximum Gasteiger partial charge on any atom is 0.244 e. The van der Waals surface area contributed by atoms with E-state index in [9.17, 15) is 21.9 Å². The van der Waals surface area contributed by atoms with E-state index in [1.165, 1.54) is 16.6 Å². The number of aliphatic hydroxyl groups excluding tert-OH is 1. The van der Waals surface area contributed by atoms with Crippen LogP contribution in [0.1, 0.15) is 39.0 Å². The lowest BCUT2D eigenvalue weighted by molar-refractivity contribution is -0.0312. The van der Waals surface area contributed by atoms with Crippen LogP contribution in [0.5, 0.6) is 11.6 Å². The molecule has 1 aromatic heterocycles. The summed E-state index contributed by atoms with van der Waals surface area (Å²) in [6.07, 6.45) is 3.82. The van der Waals surface area contributed by atoms with Gasteiger partial charge in [0.25, 0.3) is 0 Å². The second-order valence-electron chi connectivity index (χ2n) is 12.2. The summed E-state index contributed by atoms with van der Waals surface area (Å²) in [4.78, 5) is 6.67. The molecule has 3 aliphatic heterocycles. The van der Waals surface area contributed by atoms with Gasteiger partial charge in [0.05, 0.1) is 35.1 Å². The van der Waals surface area contributed by atoms with E-state index in [0.717, 1.165) is 6.42 Å². The number of sulfone groups is 1. The third-order valence-corrected chi connectivity index (χ3v) is 12.8. The molecule has 0 radical (unpaired) electrons. The van der Waals surface area contributed by atoms with Crippen molar-refractivity contribution in [2.45, 2.75) is 77.9 Å². The molecule has 6 rings (SSSR count). The summed E-state index contributed by atoms with van der Waals surface area (Å²) in [6.45, 7) is 4.08. The first-order chi connectivity index (χ1) is 20.4. The molecule has 2 N–H and O–H groups in total. The molecule has 1 aliphatic carbocycles. The number of benzene rings is 1. The highest BCUT2D eigenvalue weighted by Crippen LogP contribution is 2.39. The first-order valence-electron chi connectivity index (χ1n) is 14.9. The average Bonchev–Trinajstić information content (AvgIpc) is 3.78. The zero-order valence-electron chi connectivity index (χ0n) is 24.5. The number of piperidine rings is 1. The highest BCUT2D eigenvalue weighted by molar-refractivity contribution is 7.92. The van der Waals surface area contributed by atoms with E-state index < -0.39 is 31.6 Å². The van der Waals surface area contributed by atoms with Gasteiger partial charge in [0.15, 0.2) is 9.84 Å². The van der Waals surface area contributed by atoms with Crippen LogP contribution in [0.25, 0.3) is 0 Å². The number of hydrogen-bond acceptors (Lipinski definition) is 11. The molecule has 3 fully saturated rings. The summed E-state index contributed by atoms with van der Waals surface area (Å²) in [6, 6.07) is 8.09. The number of likely N-dealkylation sites (N-methyl/N-ethyl adjacent to an activating group) is 1. The topological polar surface area (TPSA) is 148 Å². The average molecular weight is 637 g/mol. The van der Waals surface area contributed by atoms with Crippen molar-refractivity contribution < 1.29 is 36.2 Å². The van der Waals surface area contributed by atoms with Gasteiger partial charge in [-0.2, -0.15) is 4.31 Å². The Balaban J connectivity index is 0.970. The molecule has 236 valence electrons. The second-order valence-corrected chi connectivity index (χ2v) is 16.4. The summed E-state index contributed by atoms with van der Waals surface area (Å²) in [5, 5.41) is 13.6. The van der Waals surface area contributed by atoms with Crippen molar-refractivity contribution >= 4 is 25.5 Å². The minimum absolute atomic E-state index is 0.0178. The summed E-state index contributed by atoms with van der Waals surface area (Å²) >= 11 is 0. The van der Waals surface area contributed by atoms with Gasteiger partial charge < -0.3 is 29.5 Å². The van der Waals surface area contributed by atoms with Crippen LogP contribution in [0.4, 0.5) is 5.69 Å². The minimum atomic E-state index is -3.72. The highest BCUT2D eigenvalue weighted by Gasteiger charge is 2.45. The Bertz CT molecular complexity index is 1540. The van der Waals surface area contributed by atoms with Gasteiger partial charge >= 0.3 is 0 Å². The predicted octanol–water partition coefficient (Wildman–Crippen LogP) is 1.58. The fourth-order valence-corrected chi connectivity index (χ4v) is 9.21. The van der Waals surface area contributed by atoms with Crippen LogP contribution in [0.2, 0.25) is 0 Å². The smallest absolute Gasteiger partial charge is 0.244 e. The van der Waals surface area contributed by atoms with Crippen LogP contribution in [0, 0.1) is 0 Å². The molecule has 2 aromatic rings. The van der Waals surface area contributed by atoms with Crippen LogP contribution in [-0.2, 0) is 24.6 Å². The molecule has 1 spiro atoms. The Hall–Kier alpha value is -2.49. The van der Waals surface area contributed by atoms with Crippen LogP contribution in [0.15, 0.2) is 46.3 Å². The van der Waals surface area contributed by atoms with Crippen LogP contribution >= 0.6 is 0 Å². The van der Waals surface area contributed by atoms with Gasteiger partial charge in [0.2, 0.25) is 15.9 Å². The molecule has 1 aromatic carbocycles. The van der Waals surface area contributed by atoms with E-state index in [1.807, 2.05) is 18.9 Å². The fourth-order valence-electron chi connectivity index (χ4n) is 6.11. The highest BCUT2D eigenvalue weighted by atomic mass is 32.2. The number of fused-ring (bicyclic) bond motifs is 1. The number of aliphatic hydroxyl groups is 1. The Morgan fingerprint density at radius 3 is 2.67 bits per heavy atom. The van der Waals surface area contributed by atoms with E-state index in [1.54, 1.807) is 24.3 Å². The van der Waals surface area contributed by atoms with Crippen molar-refractivity contribution in [3.63, 3.8) is 0 Å². The zero-order chi connectivity index (χ0) is 30.4. The van der Waals surface area contributed by atoms with Crippen LogP contribution in [-0.4, -0.2) is 107 Å². The van der Waals surface area contributed by atoms with Crippen LogP contribution < -0.4 is 19.7 Å². The standard InChI is InChI=1S/C29H40N4O8S2/c1-20-17-32(2)27-13-26(16-31-28(27)41-20)43(37,38)33-10-8-29(9-11-33)14-21(18-40-29)30-15-22(34)19-39-23-4-3-5-25(12-23)42(35,36)24-6-7-24/h3-5,12-13,16,20-22,24,30,34H,6-11,14-15,17-19H2,1-2H3/t20-,21-,22-/m0/s1.